The third-order valence-corrected chi connectivity index (χ3v) is 3.82. The third-order valence-electron chi connectivity index (χ3n) is 3.82. The van der Waals surface area contributed by atoms with E-state index in [-0.39, 0.29) is 11.1 Å². The molecule has 0 fully saturated rings. The van der Waals surface area contributed by atoms with Crippen molar-refractivity contribution in [2.45, 2.75) is 26.3 Å². The Morgan fingerprint density at radius 1 is 1.16 bits per heavy atom. The lowest BCUT2D eigenvalue weighted by Gasteiger charge is -2.36. The molecular formula is C14H15NO4. The van der Waals surface area contributed by atoms with Gasteiger partial charge in [-0.15, -0.1) is 0 Å². The first-order valence-corrected chi connectivity index (χ1v) is 6.03. The van der Waals surface area contributed by atoms with Gasteiger partial charge >= 0.3 is 5.97 Å². The van der Waals surface area contributed by atoms with Crippen molar-refractivity contribution in [3.8, 4) is 0 Å². The second-order valence-corrected chi connectivity index (χ2v) is 5.10. The smallest absolute Gasteiger partial charge is 0.330 e. The standard InChI is InChI=1S/C14H15NO4/c1-8(2)14(3,13(18)19)15-11(16)9-6-4-5-7-10(9)12(15)17/h4-8H,1-3H3,(H,18,19). The number of imide groups is 1. The molecule has 1 aliphatic rings. The molecule has 19 heavy (non-hydrogen) atoms. The van der Waals surface area contributed by atoms with Crippen LogP contribution in [0.5, 0.6) is 0 Å². The highest BCUT2D eigenvalue weighted by atomic mass is 16.4. The average Bonchev–Trinajstić information content (AvgIpc) is 2.61. The van der Waals surface area contributed by atoms with Crippen LogP contribution in [0.1, 0.15) is 41.5 Å². The molecule has 0 radical (unpaired) electrons. The molecule has 100 valence electrons. The summed E-state index contributed by atoms with van der Waals surface area (Å²) in [5.74, 6) is -2.66. The van der Waals surface area contributed by atoms with Crippen molar-refractivity contribution in [3.63, 3.8) is 0 Å². The van der Waals surface area contributed by atoms with Gasteiger partial charge in [0.2, 0.25) is 0 Å². The molecule has 5 nitrogen and oxygen atoms in total. The van der Waals surface area contributed by atoms with Gasteiger partial charge in [0.25, 0.3) is 11.8 Å². The van der Waals surface area contributed by atoms with Crippen LogP contribution < -0.4 is 0 Å². The average molecular weight is 261 g/mol. The summed E-state index contributed by atoms with van der Waals surface area (Å²) in [7, 11) is 0. The van der Waals surface area contributed by atoms with Crippen LogP contribution in [0, 0.1) is 5.92 Å². The van der Waals surface area contributed by atoms with Crippen LogP contribution in [0.2, 0.25) is 0 Å². The molecule has 2 amide bonds. The first-order chi connectivity index (χ1) is 8.81. The second-order valence-electron chi connectivity index (χ2n) is 5.10. The maximum absolute atomic E-state index is 12.3. The number of rotatable bonds is 3. The summed E-state index contributed by atoms with van der Waals surface area (Å²) >= 11 is 0. The van der Waals surface area contributed by atoms with E-state index >= 15 is 0 Å². The van der Waals surface area contributed by atoms with E-state index in [9.17, 15) is 19.5 Å². The van der Waals surface area contributed by atoms with E-state index in [0.29, 0.717) is 0 Å². The number of fused-ring (bicyclic) bond motifs is 1. The number of carboxylic acids is 1. The highest BCUT2D eigenvalue weighted by Crippen LogP contribution is 2.33. The topological polar surface area (TPSA) is 74.7 Å². The number of carbonyl (C=O) groups excluding carboxylic acids is 2. The van der Waals surface area contributed by atoms with Crippen LogP contribution in [0.25, 0.3) is 0 Å². The highest BCUT2D eigenvalue weighted by Gasteiger charge is 2.52. The van der Waals surface area contributed by atoms with Gasteiger partial charge < -0.3 is 5.11 Å². The van der Waals surface area contributed by atoms with Crippen LogP contribution in [0.15, 0.2) is 24.3 Å². The maximum atomic E-state index is 12.3. The van der Waals surface area contributed by atoms with Gasteiger partial charge in [0.05, 0.1) is 11.1 Å². The lowest BCUT2D eigenvalue weighted by molar-refractivity contribution is -0.150. The maximum Gasteiger partial charge on any atom is 0.330 e. The molecule has 1 aliphatic heterocycles. The van der Waals surface area contributed by atoms with E-state index in [1.165, 1.54) is 19.1 Å². The van der Waals surface area contributed by atoms with Crippen molar-refractivity contribution in [1.29, 1.82) is 0 Å². The number of benzene rings is 1. The van der Waals surface area contributed by atoms with Crippen LogP contribution in [-0.2, 0) is 4.79 Å². The Hall–Kier alpha value is -2.17. The highest BCUT2D eigenvalue weighted by molar-refractivity contribution is 6.23. The number of amides is 2. The molecule has 0 aliphatic carbocycles. The minimum atomic E-state index is -1.55. The van der Waals surface area contributed by atoms with Gasteiger partial charge in [-0.1, -0.05) is 26.0 Å². The molecule has 1 N–H and O–H groups in total. The van der Waals surface area contributed by atoms with Crippen molar-refractivity contribution >= 4 is 17.8 Å². The van der Waals surface area contributed by atoms with E-state index in [0.717, 1.165) is 4.90 Å². The van der Waals surface area contributed by atoms with Crippen molar-refractivity contribution in [2.75, 3.05) is 0 Å². The van der Waals surface area contributed by atoms with Crippen molar-refractivity contribution in [3.05, 3.63) is 35.4 Å². The zero-order valence-corrected chi connectivity index (χ0v) is 11.0. The third kappa shape index (κ3) is 1.65. The Kier molecular flexibility index (Phi) is 2.92. The summed E-state index contributed by atoms with van der Waals surface area (Å²) < 4.78 is 0. The van der Waals surface area contributed by atoms with E-state index < -0.39 is 29.2 Å². The molecule has 1 unspecified atom stereocenters. The van der Waals surface area contributed by atoms with Crippen molar-refractivity contribution in [2.24, 2.45) is 5.92 Å². The summed E-state index contributed by atoms with van der Waals surface area (Å²) in [4.78, 5) is 37.0. The number of aliphatic carboxylic acids is 1. The normalized spacial score (nSPS) is 17.6. The molecule has 2 rings (SSSR count). The molecular weight excluding hydrogens is 246 g/mol. The predicted octanol–water partition coefficient (Wildman–Crippen LogP) is 1.78. The Bertz CT molecular complexity index is 544. The van der Waals surface area contributed by atoms with Crippen LogP contribution >= 0.6 is 0 Å². The minimum Gasteiger partial charge on any atom is -0.479 e. The fourth-order valence-corrected chi connectivity index (χ4v) is 2.21. The molecule has 0 saturated heterocycles. The monoisotopic (exact) mass is 261 g/mol. The van der Waals surface area contributed by atoms with Crippen molar-refractivity contribution < 1.29 is 19.5 Å². The van der Waals surface area contributed by atoms with Gasteiger partial charge in [0.15, 0.2) is 0 Å². The number of nitrogens with zero attached hydrogens (tertiary/aromatic N) is 1. The zero-order valence-electron chi connectivity index (χ0n) is 11.0. The number of hydrogen-bond acceptors (Lipinski definition) is 3. The summed E-state index contributed by atoms with van der Waals surface area (Å²) in [5, 5.41) is 9.43. The zero-order chi connectivity index (χ0) is 14.4. The molecule has 1 atom stereocenters. The minimum absolute atomic E-state index is 0.264. The van der Waals surface area contributed by atoms with Gasteiger partial charge in [-0.3, -0.25) is 14.5 Å². The molecule has 1 aromatic carbocycles. The first-order valence-electron chi connectivity index (χ1n) is 6.03. The fourth-order valence-electron chi connectivity index (χ4n) is 2.21. The van der Waals surface area contributed by atoms with Crippen LogP contribution in [-0.4, -0.2) is 33.3 Å². The Morgan fingerprint density at radius 2 is 1.58 bits per heavy atom. The summed E-state index contributed by atoms with van der Waals surface area (Å²) in [5.41, 5.74) is -1.02. The van der Waals surface area contributed by atoms with E-state index in [1.807, 2.05) is 0 Å². The van der Waals surface area contributed by atoms with Crippen LogP contribution in [0.4, 0.5) is 0 Å². The number of hydrogen-bond donors (Lipinski definition) is 1. The summed E-state index contributed by atoms with van der Waals surface area (Å²) in [6.45, 7) is 4.76. The van der Waals surface area contributed by atoms with Gasteiger partial charge in [0.1, 0.15) is 5.54 Å². The van der Waals surface area contributed by atoms with Gasteiger partial charge in [0, 0.05) is 0 Å². The quantitative estimate of drug-likeness (QED) is 0.841. The molecule has 0 spiro atoms. The largest absolute Gasteiger partial charge is 0.479 e. The van der Waals surface area contributed by atoms with Gasteiger partial charge in [-0.2, -0.15) is 0 Å². The molecule has 0 saturated carbocycles. The summed E-state index contributed by atoms with van der Waals surface area (Å²) in [6.07, 6.45) is 0. The predicted molar refractivity (Wildman–Crippen MR) is 67.8 cm³/mol. The molecule has 0 aromatic heterocycles. The van der Waals surface area contributed by atoms with E-state index in [4.69, 9.17) is 0 Å². The Labute approximate surface area is 110 Å². The first kappa shape index (κ1) is 13.3. The Morgan fingerprint density at radius 3 is 1.89 bits per heavy atom. The molecule has 1 aromatic rings. The molecule has 1 heterocycles. The second kappa shape index (κ2) is 4.19. The van der Waals surface area contributed by atoms with Gasteiger partial charge in [-0.25, -0.2) is 4.79 Å². The lowest BCUT2D eigenvalue weighted by Crippen LogP contribution is -2.58. The number of carbonyl (C=O) groups is 3. The van der Waals surface area contributed by atoms with E-state index in [2.05, 4.69) is 0 Å². The van der Waals surface area contributed by atoms with Crippen LogP contribution in [0.3, 0.4) is 0 Å². The molecule has 0 bridgehead atoms. The lowest BCUT2D eigenvalue weighted by atomic mass is 9.86. The Balaban J connectivity index is 2.58. The van der Waals surface area contributed by atoms with Gasteiger partial charge in [-0.05, 0) is 25.0 Å². The summed E-state index contributed by atoms with van der Waals surface area (Å²) in [6, 6.07) is 6.39. The van der Waals surface area contributed by atoms with Crippen molar-refractivity contribution in [1.82, 2.24) is 4.90 Å². The fraction of sp³-hybridized carbons (Fsp3) is 0.357. The SMILES string of the molecule is CC(C)C(C)(C(=O)O)N1C(=O)c2ccccc2C1=O. The molecule has 5 heteroatoms. The van der Waals surface area contributed by atoms with E-state index in [1.54, 1.807) is 26.0 Å². The number of carboxylic acid groups (broad SMARTS) is 1.